The molecule has 0 bridgehead atoms. The predicted octanol–water partition coefficient (Wildman–Crippen LogP) is 5.74. The van der Waals surface area contributed by atoms with Crippen LogP contribution in [0.3, 0.4) is 0 Å². The third kappa shape index (κ3) is 4.62. The van der Waals surface area contributed by atoms with Crippen molar-refractivity contribution >= 4 is 17.9 Å². The Balaban J connectivity index is 1.78. The molecule has 5 nitrogen and oxygen atoms in total. The van der Waals surface area contributed by atoms with Crippen LogP contribution in [0.4, 0.5) is 10.5 Å². The molecule has 0 atom stereocenters. The Morgan fingerprint density at radius 3 is 2.40 bits per heavy atom. The van der Waals surface area contributed by atoms with Crippen LogP contribution in [0.2, 0.25) is 0 Å². The zero-order valence-electron chi connectivity index (χ0n) is 18.6. The molecule has 3 rings (SSSR count). The highest BCUT2D eigenvalue weighted by Crippen LogP contribution is 2.26. The van der Waals surface area contributed by atoms with E-state index >= 15 is 0 Å². The summed E-state index contributed by atoms with van der Waals surface area (Å²) in [6, 6.07) is 14.1. The van der Waals surface area contributed by atoms with E-state index in [0.717, 1.165) is 40.2 Å². The number of anilines is 1. The summed E-state index contributed by atoms with van der Waals surface area (Å²) < 4.78 is 2.27. The first kappa shape index (κ1) is 21.4. The van der Waals surface area contributed by atoms with Crippen LogP contribution >= 0.6 is 0 Å². The number of hydrogen-bond donors (Lipinski definition) is 2. The van der Waals surface area contributed by atoms with Gasteiger partial charge in [-0.05, 0) is 81.5 Å². The Morgan fingerprint density at radius 2 is 1.73 bits per heavy atom. The van der Waals surface area contributed by atoms with E-state index in [9.17, 15) is 4.79 Å². The van der Waals surface area contributed by atoms with Gasteiger partial charge in [-0.3, -0.25) is 0 Å². The minimum atomic E-state index is -0.364. The number of carbonyl (C=O) groups excluding carboxylic acids is 1. The summed E-state index contributed by atoms with van der Waals surface area (Å²) in [5.41, 5.74) is 12.5. The molecule has 2 N–H and O–H groups in total. The first-order valence-corrected chi connectivity index (χ1v) is 10.3. The van der Waals surface area contributed by atoms with Gasteiger partial charge in [0.15, 0.2) is 0 Å². The Morgan fingerprint density at radius 1 is 1.03 bits per heavy atom. The topological polar surface area (TPSA) is 58.4 Å². The largest absolute Gasteiger partial charge is 0.339 e. The van der Waals surface area contributed by atoms with Crippen molar-refractivity contribution in [3.63, 3.8) is 0 Å². The van der Waals surface area contributed by atoms with E-state index in [0.29, 0.717) is 0 Å². The fourth-order valence-electron chi connectivity index (χ4n) is 3.95. The molecule has 0 saturated carbocycles. The van der Waals surface area contributed by atoms with E-state index in [2.05, 4.69) is 78.4 Å². The van der Waals surface area contributed by atoms with Crippen LogP contribution in [0, 0.1) is 34.6 Å². The molecule has 0 aliphatic carbocycles. The zero-order valence-corrected chi connectivity index (χ0v) is 18.6. The van der Waals surface area contributed by atoms with Crippen molar-refractivity contribution in [1.29, 1.82) is 0 Å². The molecular weight excluding hydrogens is 372 g/mol. The van der Waals surface area contributed by atoms with Crippen LogP contribution in [0.25, 0.3) is 5.69 Å². The SMILES string of the molecule is CCc1cccc(C)c1-n1c(C)cc(/C=N/NC(=O)Nc2cc(C)cc(C)c2)c1C. The van der Waals surface area contributed by atoms with E-state index in [1.54, 1.807) is 6.21 Å². The van der Waals surface area contributed by atoms with Crippen LogP contribution in [-0.4, -0.2) is 16.8 Å². The monoisotopic (exact) mass is 402 g/mol. The van der Waals surface area contributed by atoms with Crippen molar-refractivity contribution in [2.24, 2.45) is 5.10 Å². The molecule has 0 aliphatic rings. The third-order valence-corrected chi connectivity index (χ3v) is 5.25. The van der Waals surface area contributed by atoms with Crippen molar-refractivity contribution < 1.29 is 4.79 Å². The minimum absolute atomic E-state index is 0.364. The van der Waals surface area contributed by atoms with Gasteiger partial charge in [0.25, 0.3) is 0 Å². The normalized spacial score (nSPS) is 11.1. The van der Waals surface area contributed by atoms with Crippen LogP contribution in [0.15, 0.2) is 47.6 Å². The Labute approximate surface area is 178 Å². The van der Waals surface area contributed by atoms with Gasteiger partial charge in [0, 0.05) is 22.6 Å². The quantitative estimate of drug-likeness (QED) is 0.415. The van der Waals surface area contributed by atoms with Crippen molar-refractivity contribution in [2.75, 3.05) is 5.32 Å². The molecule has 0 spiro atoms. The second kappa shape index (κ2) is 8.99. The standard InChI is InChI=1S/C25H30N4O/c1-7-21-10-8-9-18(4)24(21)29-19(5)14-22(20(29)6)15-26-28-25(30)27-23-12-16(2)11-17(3)13-23/h8-15H,7H2,1-6H3,(H2,27,28,30)/b26-15+. The average molecular weight is 403 g/mol. The molecule has 0 unspecified atom stereocenters. The lowest BCUT2D eigenvalue weighted by Crippen LogP contribution is -2.24. The molecule has 0 radical (unpaired) electrons. The number of nitrogens with zero attached hydrogens (tertiary/aromatic N) is 2. The van der Waals surface area contributed by atoms with Crippen LogP contribution in [-0.2, 0) is 6.42 Å². The number of hydrazone groups is 1. The number of hydrogen-bond acceptors (Lipinski definition) is 2. The molecular formula is C25H30N4O. The Kier molecular flexibility index (Phi) is 6.40. The number of rotatable bonds is 5. The molecule has 156 valence electrons. The van der Waals surface area contributed by atoms with Gasteiger partial charge in [-0.25, -0.2) is 10.2 Å². The summed E-state index contributed by atoms with van der Waals surface area (Å²) in [5.74, 6) is 0. The number of para-hydroxylation sites is 1. The Hall–Kier alpha value is -3.34. The number of nitrogens with one attached hydrogen (secondary N) is 2. The molecule has 30 heavy (non-hydrogen) atoms. The van der Waals surface area contributed by atoms with Crippen LogP contribution in [0.5, 0.6) is 0 Å². The van der Waals surface area contributed by atoms with Crippen molar-refractivity contribution in [3.8, 4) is 5.69 Å². The molecule has 0 saturated heterocycles. The number of benzene rings is 2. The lowest BCUT2D eigenvalue weighted by atomic mass is 10.1. The highest BCUT2D eigenvalue weighted by Gasteiger charge is 2.14. The van der Waals surface area contributed by atoms with Gasteiger partial charge >= 0.3 is 6.03 Å². The van der Waals surface area contributed by atoms with Gasteiger partial charge in [-0.15, -0.1) is 0 Å². The summed E-state index contributed by atoms with van der Waals surface area (Å²) in [6.45, 7) is 12.5. The maximum Gasteiger partial charge on any atom is 0.339 e. The van der Waals surface area contributed by atoms with Crippen molar-refractivity contribution in [3.05, 3.63) is 81.7 Å². The summed E-state index contributed by atoms with van der Waals surface area (Å²) in [7, 11) is 0. The fourth-order valence-corrected chi connectivity index (χ4v) is 3.95. The molecule has 1 heterocycles. The van der Waals surface area contributed by atoms with Crippen molar-refractivity contribution in [1.82, 2.24) is 9.99 Å². The molecule has 5 heteroatoms. The molecule has 0 aliphatic heterocycles. The van der Waals surface area contributed by atoms with Gasteiger partial charge in [0.1, 0.15) is 0 Å². The molecule has 0 fully saturated rings. The first-order chi connectivity index (χ1) is 14.3. The summed E-state index contributed by atoms with van der Waals surface area (Å²) in [6.07, 6.45) is 2.67. The van der Waals surface area contributed by atoms with E-state index in [1.807, 2.05) is 26.0 Å². The van der Waals surface area contributed by atoms with Gasteiger partial charge in [0.2, 0.25) is 0 Å². The molecule has 3 aromatic rings. The summed E-state index contributed by atoms with van der Waals surface area (Å²) >= 11 is 0. The van der Waals surface area contributed by atoms with Crippen molar-refractivity contribution in [2.45, 2.75) is 48.0 Å². The predicted molar refractivity (Wildman–Crippen MR) is 125 cm³/mol. The fraction of sp³-hybridized carbons (Fsp3) is 0.280. The van der Waals surface area contributed by atoms with Gasteiger partial charge in [-0.2, -0.15) is 5.10 Å². The Bertz CT molecular complexity index is 1090. The lowest BCUT2D eigenvalue weighted by Gasteiger charge is -2.17. The first-order valence-electron chi connectivity index (χ1n) is 10.3. The maximum atomic E-state index is 12.2. The number of amides is 2. The maximum absolute atomic E-state index is 12.2. The zero-order chi connectivity index (χ0) is 21.8. The van der Waals surface area contributed by atoms with Crippen LogP contribution in [0.1, 0.15) is 46.1 Å². The number of aryl methyl sites for hydroxylation is 5. The number of carbonyl (C=O) groups is 1. The summed E-state index contributed by atoms with van der Waals surface area (Å²) in [4.78, 5) is 12.2. The average Bonchev–Trinajstić information content (AvgIpc) is 2.94. The molecule has 2 aromatic carbocycles. The van der Waals surface area contributed by atoms with Crippen LogP contribution < -0.4 is 10.7 Å². The smallest absolute Gasteiger partial charge is 0.317 e. The minimum Gasteiger partial charge on any atom is -0.317 e. The number of aromatic nitrogens is 1. The van der Waals surface area contributed by atoms with E-state index < -0.39 is 0 Å². The van der Waals surface area contributed by atoms with E-state index in [1.165, 1.54) is 16.8 Å². The highest BCUT2D eigenvalue weighted by atomic mass is 16.2. The second-order valence-electron chi connectivity index (χ2n) is 7.80. The van der Waals surface area contributed by atoms with E-state index in [-0.39, 0.29) is 6.03 Å². The van der Waals surface area contributed by atoms with Gasteiger partial charge < -0.3 is 9.88 Å². The summed E-state index contributed by atoms with van der Waals surface area (Å²) in [5, 5.41) is 6.98. The van der Waals surface area contributed by atoms with E-state index in [4.69, 9.17) is 0 Å². The molecule has 2 amide bonds. The van der Waals surface area contributed by atoms with Gasteiger partial charge in [0.05, 0.1) is 11.9 Å². The lowest BCUT2D eigenvalue weighted by molar-refractivity contribution is 0.252. The number of urea groups is 1. The molecule has 1 aromatic heterocycles. The van der Waals surface area contributed by atoms with Gasteiger partial charge in [-0.1, -0.05) is 31.2 Å². The third-order valence-electron chi connectivity index (χ3n) is 5.25. The highest BCUT2D eigenvalue weighted by molar-refractivity contribution is 5.90. The second-order valence-corrected chi connectivity index (χ2v) is 7.80.